The number of aliphatic hydroxyl groups is 9. The third-order valence-electron chi connectivity index (χ3n) is 8.03. The van der Waals surface area contributed by atoms with Crippen molar-refractivity contribution in [2.45, 2.75) is 104 Å². The summed E-state index contributed by atoms with van der Waals surface area (Å²) in [6.07, 6.45) is -20.2. The molecule has 3 rings (SSSR count). The van der Waals surface area contributed by atoms with Gasteiger partial charge >= 0.3 is 6.03 Å². The number of nitrogens with zero attached hydrogens (tertiary/aromatic N) is 1. The molecule has 21 heteroatoms. The van der Waals surface area contributed by atoms with E-state index in [1.807, 2.05) is 0 Å². The fourth-order valence-corrected chi connectivity index (χ4v) is 5.39. The number of hydroxylamine groups is 2. The summed E-state index contributed by atoms with van der Waals surface area (Å²) in [6, 6.07) is -4.67. The maximum Gasteiger partial charge on any atom is 0.341 e. The number of carbonyl (C=O) groups is 1. The van der Waals surface area contributed by atoms with E-state index in [0.717, 1.165) is 0 Å². The average molecular weight is 661 g/mol. The van der Waals surface area contributed by atoms with E-state index in [-0.39, 0.29) is 37.7 Å². The molecule has 1 saturated carbocycles. The summed E-state index contributed by atoms with van der Waals surface area (Å²) in [5, 5.41) is 107. The predicted octanol–water partition coefficient (Wildman–Crippen LogP) is -8.91. The lowest BCUT2D eigenvalue weighted by molar-refractivity contribution is -0.333. The number of nitrogens with two attached hydrogens (primary N) is 3. The molecule has 18 N–H and O–H groups in total. The van der Waals surface area contributed by atoms with E-state index in [4.69, 9.17) is 41.3 Å². The summed E-state index contributed by atoms with van der Waals surface area (Å²) in [5.41, 5.74) is 17.6. The van der Waals surface area contributed by atoms with E-state index < -0.39 is 117 Å². The number of nitrogens with one attached hydrogen (secondary N) is 2. The topological polar surface area (TPSA) is 362 Å². The highest BCUT2D eigenvalue weighted by Gasteiger charge is 2.52. The van der Waals surface area contributed by atoms with E-state index in [0.29, 0.717) is 0 Å². The molecule has 2 amide bonds. The van der Waals surface area contributed by atoms with Crippen molar-refractivity contribution >= 4 is 6.03 Å². The molecule has 2 unspecified atom stereocenters. The normalized spacial score (nSPS) is 43.1. The van der Waals surface area contributed by atoms with Gasteiger partial charge in [-0.3, -0.25) is 5.21 Å². The summed E-state index contributed by atoms with van der Waals surface area (Å²) in [4.78, 5) is 12.6. The number of amides is 2. The van der Waals surface area contributed by atoms with Crippen LogP contribution < -0.4 is 27.8 Å². The van der Waals surface area contributed by atoms with Crippen molar-refractivity contribution in [3.8, 4) is 0 Å². The highest BCUT2D eigenvalue weighted by Crippen LogP contribution is 2.32. The smallest absolute Gasteiger partial charge is 0.341 e. The fourth-order valence-electron chi connectivity index (χ4n) is 5.39. The van der Waals surface area contributed by atoms with Gasteiger partial charge in [-0.25, -0.2) is 9.86 Å². The Morgan fingerprint density at radius 3 is 2.13 bits per heavy atom. The molecular formula is C24H48N6O15. The van der Waals surface area contributed by atoms with Crippen molar-refractivity contribution in [1.29, 1.82) is 0 Å². The number of hydrogen-bond acceptors (Lipinski definition) is 19. The van der Waals surface area contributed by atoms with Gasteiger partial charge in [-0.1, -0.05) is 0 Å². The van der Waals surface area contributed by atoms with Gasteiger partial charge in [0.25, 0.3) is 0 Å². The van der Waals surface area contributed by atoms with Crippen molar-refractivity contribution in [2.24, 2.45) is 17.2 Å². The maximum atomic E-state index is 12.6. The van der Waals surface area contributed by atoms with Gasteiger partial charge in [-0.05, 0) is 6.42 Å². The first-order valence-electron chi connectivity index (χ1n) is 14.5. The monoisotopic (exact) mass is 660 g/mol. The van der Waals surface area contributed by atoms with Crippen molar-refractivity contribution in [2.75, 3.05) is 39.4 Å². The van der Waals surface area contributed by atoms with Crippen LogP contribution in [-0.4, -0.2) is 200 Å². The molecule has 2 aliphatic heterocycles. The lowest BCUT2D eigenvalue weighted by Gasteiger charge is -2.49. The van der Waals surface area contributed by atoms with Crippen molar-refractivity contribution in [3.63, 3.8) is 0 Å². The van der Waals surface area contributed by atoms with Crippen molar-refractivity contribution < 1.29 is 74.9 Å². The molecule has 0 radical (unpaired) electrons. The van der Waals surface area contributed by atoms with Crippen LogP contribution in [0.15, 0.2) is 0 Å². The Labute approximate surface area is 258 Å². The van der Waals surface area contributed by atoms with Crippen LogP contribution in [0, 0.1) is 0 Å². The second kappa shape index (κ2) is 17.1. The number of urea groups is 1. The van der Waals surface area contributed by atoms with Crippen LogP contribution in [0.4, 0.5) is 4.79 Å². The Kier molecular flexibility index (Phi) is 14.4. The van der Waals surface area contributed by atoms with Gasteiger partial charge in [0, 0.05) is 25.7 Å². The number of aliphatic hydroxyl groups excluding tert-OH is 9. The van der Waals surface area contributed by atoms with Crippen LogP contribution >= 0.6 is 0 Å². The minimum absolute atomic E-state index is 0.0831. The highest BCUT2D eigenvalue weighted by molar-refractivity contribution is 5.73. The Balaban J connectivity index is 1.82. The molecule has 21 nitrogen and oxygen atoms in total. The van der Waals surface area contributed by atoms with Crippen molar-refractivity contribution in [3.05, 3.63) is 0 Å². The second-order valence-electron chi connectivity index (χ2n) is 11.4. The van der Waals surface area contributed by atoms with E-state index in [1.165, 1.54) is 0 Å². The Hall–Kier alpha value is -1.45. The first kappa shape index (κ1) is 38.0. The zero-order valence-corrected chi connectivity index (χ0v) is 24.4. The van der Waals surface area contributed by atoms with Crippen LogP contribution in [0.2, 0.25) is 0 Å². The molecule has 264 valence electrons. The zero-order valence-electron chi connectivity index (χ0n) is 24.4. The highest BCUT2D eigenvalue weighted by atomic mass is 16.7. The standard InChI is InChI=1S/C24H48N6O15/c25-1-2-30(41)24(40)29-10-3-9(26)20(19(39)21(10)45-22-16(36)13(27)14(34)12(7-32)43-22)44-23-18(38)17(37)15(35)11(42-23)5-28-4-8(33)6-31/h8-23,28,31-39,41H,1-7,25-27H2,(H,29,40)/t8?,9-,10+,11+,12+,13-,14+,15+,16+,17-,18+,19-,20?,21-,22+,23+/m0/s1. The van der Waals surface area contributed by atoms with Crippen LogP contribution in [0.1, 0.15) is 6.42 Å². The first-order valence-corrected chi connectivity index (χ1v) is 14.5. The minimum atomic E-state index is -1.83. The molecule has 0 aromatic carbocycles. The van der Waals surface area contributed by atoms with Gasteiger partial charge < -0.3 is 92.7 Å². The summed E-state index contributed by atoms with van der Waals surface area (Å²) < 4.78 is 22.8. The van der Waals surface area contributed by atoms with Crippen molar-refractivity contribution in [1.82, 2.24) is 15.7 Å². The van der Waals surface area contributed by atoms with E-state index in [2.05, 4.69) is 10.6 Å². The molecule has 2 saturated heterocycles. The molecule has 3 fully saturated rings. The number of ether oxygens (including phenoxy) is 4. The quantitative estimate of drug-likeness (QED) is 0.0643. The predicted molar refractivity (Wildman–Crippen MR) is 147 cm³/mol. The third-order valence-corrected chi connectivity index (χ3v) is 8.03. The Bertz CT molecular complexity index is 915. The van der Waals surface area contributed by atoms with E-state index in [1.54, 1.807) is 0 Å². The van der Waals surface area contributed by atoms with Gasteiger partial charge in [-0.2, -0.15) is 0 Å². The Morgan fingerprint density at radius 2 is 1.51 bits per heavy atom. The molecule has 0 spiro atoms. The third kappa shape index (κ3) is 9.13. The SMILES string of the molecule is NCCN(O)C(=O)N[C@@H]1C[C@H](N)C(O[C@H]2O[C@H](CNCC(O)CO)[C@@H](O)[C@H](O)[C@H]2O)[C@H](O)[C@H]1O[C@H]1O[C@H](CO)[C@@H](O)[C@H](N)[C@H]1O. The van der Waals surface area contributed by atoms with Gasteiger partial charge in [0.2, 0.25) is 0 Å². The molecule has 0 aromatic rings. The second-order valence-corrected chi connectivity index (χ2v) is 11.4. The fraction of sp³-hybridized carbons (Fsp3) is 0.958. The summed E-state index contributed by atoms with van der Waals surface area (Å²) in [7, 11) is 0. The van der Waals surface area contributed by atoms with Crippen LogP contribution in [0.3, 0.4) is 0 Å². The largest absolute Gasteiger partial charge is 0.394 e. The first-order chi connectivity index (χ1) is 21.2. The summed E-state index contributed by atoms with van der Waals surface area (Å²) in [6.45, 7) is -1.81. The number of hydrogen-bond donors (Lipinski definition) is 15. The molecule has 45 heavy (non-hydrogen) atoms. The lowest BCUT2D eigenvalue weighted by Crippen LogP contribution is -2.69. The number of carbonyl (C=O) groups excluding carboxylic acids is 1. The lowest BCUT2D eigenvalue weighted by atomic mass is 9.83. The van der Waals surface area contributed by atoms with Crippen LogP contribution in [0.25, 0.3) is 0 Å². The van der Waals surface area contributed by atoms with E-state index in [9.17, 15) is 50.9 Å². The molecule has 3 aliphatic rings. The van der Waals surface area contributed by atoms with Gasteiger partial charge in [-0.15, -0.1) is 0 Å². The van der Waals surface area contributed by atoms with Gasteiger partial charge in [0.1, 0.15) is 61.0 Å². The molecule has 1 aliphatic carbocycles. The number of rotatable bonds is 13. The summed E-state index contributed by atoms with van der Waals surface area (Å²) in [5.74, 6) is 0. The van der Waals surface area contributed by atoms with Crippen LogP contribution in [0.5, 0.6) is 0 Å². The van der Waals surface area contributed by atoms with Gasteiger partial charge in [0.05, 0.1) is 37.9 Å². The average Bonchev–Trinajstić information content (AvgIpc) is 3.01. The summed E-state index contributed by atoms with van der Waals surface area (Å²) >= 11 is 0. The molecule has 2 heterocycles. The molecule has 0 bridgehead atoms. The Morgan fingerprint density at radius 1 is 0.889 bits per heavy atom. The van der Waals surface area contributed by atoms with Crippen LogP contribution in [-0.2, 0) is 18.9 Å². The van der Waals surface area contributed by atoms with E-state index >= 15 is 0 Å². The van der Waals surface area contributed by atoms with Gasteiger partial charge in [0.15, 0.2) is 12.6 Å². The molecule has 16 atom stereocenters. The maximum absolute atomic E-state index is 12.6. The molecular weight excluding hydrogens is 612 g/mol. The molecule has 0 aromatic heterocycles. The minimum Gasteiger partial charge on any atom is -0.394 e. The zero-order chi connectivity index (χ0) is 33.6.